The van der Waals surface area contributed by atoms with E-state index in [-0.39, 0.29) is 17.9 Å². The molecule has 0 saturated carbocycles. The first-order valence-electron chi connectivity index (χ1n) is 7.05. The minimum absolute atomic E-state index is 0.0209. The molecule has 1 aliphatic rings. The lowest BCUT2D eigenvalue weighted by molar-refractivity contribution is -0.117. The van der Waals surface area contributed by atoms with Crippen LogP contribution in [0.1, 0.15) is 16.8 Å². The highest BCUT2D eigenvalue weighted by Gasteiger charge is 2.31. The van der Waals surface area contributed by atoms with E-state index in [4.69, 9.17) is 11.6 Å². The first kappa shape index (κ1) is 14.6. The van der Waals surface area contributed by atoms with Crippen LogP contribution in [-0.4, -0.2) is 24.4 Å². The lowest BCUT2D eigenvalue weighted by Gasteiger charge is -2.17. The second kappa shape index (κ2) is 6.20. The molecule has 0 aromatic heterocycles. The molecule has 3 rings (SSSR count). The second-order valence-electron chi connectivity index (χ2n) is 5.22. The number of hydrogen-bond acceptors (Lipinski definition) is 2. The molecule has 112 valence electrons. The van der Waals surface area contributed by atoms with Crippen LogP contribution in [0.3, 0.4) is 0 Å². The van der Waals surface area contributed by atoms with E-state index in [1.807, 2.05) is 30.3 Å². The Labute approximate surface area is 133 Å². The van der Waals surface area contributed by atoms with Gasteiger partial charge in [-0.2, -0.15) is 0 Å². The summed E-state index contributed by atoms with van der Waals surface area (Å²) in [6.45, 7) is 0.488. The van der Waals surface area contributed by atoms with Gasteiger partial charge in [0.15, 0.2) is 0 Å². The van der Waals surface area contributed by atoms with Gasteiger partial charge in [-0.1, -0.05) is 29.8 Å². The fourth-order valence-electron chi connectivity index (χ4n) is 2.53. The van der Waals surface area contributed by atoms with Gasteiger partial charge in [-0.05, 0) is 36.4 Å². The molecule has 1 aliphatic heterocycles. The van der Waals surface area contributed by atoms with Gasteiger partial charge in [-0.15, -0.1) is 0 Å². The van der Waals surface area contributed by atoms with E-state index < -0.39 is 0 Å². The minimum atomic E-state index is -0.190. The van der Waals surface area contributed by atoms with Crippen LogP contribution in [-0.2, 0) is 4.79 Å². The number of rotatable bonds is 3. The molecular weight excluding hydrogens is 300 g/mol. The van der Waals surface area contributed by atoms with Crippen LogP contribution in [0, 0.1) is 0 Å². The standard InChI is InChI=1S/C17H15ClN2O2/c18-13-8-6-12(7-9-13)17(22)19-14-10-16(21)20(11-14)15-4-2-1-3-5-15/h1-9,14H,10-11H2,(H,19,22)/t14-/m1/s1. The monoisotopic (exact) mass is 314 g/mol. The summed E-state index contributed by atoms with van der Waals surface area (Å²) in [6.07, 6.45) is 0.314. The molecule has 2 amide bonds. The van der Waals surface area contributed by atoms with E-state index in [0.29, 0.717) is 23.6 Å². The summed E-state index contributed by atoms with van der Waals surface area (Å²) >= 11 is 5.81. The summed E-state index contributed by atoms with van der Waals surface area (Å²) in [4.78, 5) is 26.0. The third-order valence-corrected chi connectivity index (χ3v) is 3.89. The summed E-state index contributed by atoms with van der Waals surface area (Å²) < 4.78 is 0. The lowest BCUT2D eigenvalue weighted by Crippen LogP contribution is -2.37. The topological polar surface area (TPSA) is 49.4 Å². The molecule has 0 radical (unpaired) electrons. The summed E-state index contributed by atoms with van der Waals surface area (Å²) in [7, 11) is 0. The fraction of sp³-hybridized carbons (Fsp3) is 0.176. The highest BCUT2D eigenvalue weighted by atomic mass is 35.5. The van der Waals surface area contributed by atoms with Crippen molar-refractivity contribution in [3.8, 4) is 0 Å². The van der Waals surface area contributed by atoms with Crippen molar-refractivity contribution in [2.45, 2.75) is 12.5 Å². The number of hydrogen-bond donors (Lipinski definition) is 1. The van der Waals surface area contributed by atoms with Gasteiger partial charge in [-0.3, -0.25) is 9.59 Å². The number of carbonyl (C=O) groups is 2. The Bertz CT molecular complexity index is 686. The highest BCUT2D eigenvalue weighted by molar-refractivity contribution is 6.30. The van der Waals surface area contributed by atoms with Gasteiger partial charge in [0.1, 0.15) is 0 Å². The molecular formula is C17H15ClN2O2. The van der Waals surface area contributed by atoms with Crippen molar-refractivity contribution >= 4 is 29.1 Å². The van der Waals surface area contributed by atoms with E-state index in [9.17, 15) is 9.59 Å². The van der Waals surface area contributed by atoms with Crippen molar-refractivity contribution in [2.75, 3.05) is 11.4 Å². The third kappa shape index (κ3) is 3.12. The van der Waals surface area contributed by atoms with Crippen LogP contribution in [0.5, 0.6) is 0 Å². The van der Waals surface area contributed by atoms with Gasteiger partial charge in [0.25, 0.3) is 5.91 Å². The smallest absolute Gasteiger partial charge is 0.251 e. The Hall–Kier alpha value is -2.33. The van der Waals surface area contributed by atoms with Crippen molar-refractivity contribution in [1.82, 2.24) is 5.32 Å². The molecule has 0 spiro atoms. The van der Waals surface area contributed by atoms with Crippen LogP contribution in [0.2, 0.25) is 5.02 Å². The van der Waals surface area contributed by atoms with Gasteiger partial charge in [0.2, 0.25) is 5.91 Å². The number of benzene rings is 2. The van der Waals surface area contributed by atoms with Crippen molar-refractivity contribution in [1.29, 1.82) is 0 Å². The average Bonchev–Trinajstić information content (AvgIpc) is 2.89. The van der Waals surface area contributed by atoms with Crippen molar-refractivity contribution in [3.63, 3.8) is 0 Å². The Morgan fingerprint density at radius 3 is 2.45 bits per heavy atom. The number of nitrogens with one attached hydrogen (secondary N) is 1. The number of halogens is 1. The van der Waals surface area contributed by atoms with Crippen molar-refractivity contribution in [3.05, 3.63) is 65.2 Å². The Kier molecular flexibility index (Phi) is 4.11. The van der Waals surface area contributed by atoms with Crippen molar-refractivity contribution < 1.29 is 9.59 Å². The van der Waals surface area contributed by atoms with Crippen LogP contribution in [0.25, 0.3) is 0 Å². The number of nitrogens with zero attached hydrogens (tertiary/aromatic N) is 1. The molecule has 1 saturated heterocycles. The predicted octanol–water partition coefficient (Wildman–Crippen LogP) is 2.88. The maximum absolute atomic E-state index is 12.2. The molecule has 1 heterocycles. The zero-order valence-electron chi connectivity index (χ0n) is 11.8. The van der Waals surface area contributed by atoms with Gasteiger partial charge in [0, 0.05) is 29.2 Å². The Morgan fingerprint density at radius 2 is 1.77 bits per heavy atom. The number of anilines is 1. The van der Waals surface area contributed by atoms with Gasteiger partial charge in [0.05, 0.1) is 6.04 Å². The van der Waals surface area contributed by atoms with E-state index in [1.165, 1.54) is 0 Å². The molecule has 0 aliphatic carbocycles. The molecule has 22 heavy (non-hydrogen) atoms. The molecule has 5 heteroatoms. The molecule has 4 nitrogen and oxygen atoms in total. The SMILES string of the molecule is O=C(N[C@@H]1CC(=O)N(c2ccccc2)C1)c1ccc(Cl)cc1. The van der Waals surface area contributed by atoms with E-state index in [0.717, 1.165) is 5.69 Å². The summed E-state index contributed by atoms with van der Waals surface area (Å²) in [5, 5.41) is 3.49. The first-order valence-corrected chi connectivity index (χ1v) is 7.43. The molecule has 2 aromatic rings. The van der Waals surface area contributed by atoms with Crippen LogP contribution in [0.4, 0.5) is 5.69 Å². The Balaban J connectivity index is 1.66. The molecule has 1 atom stereocenters. The van der Waals surface area contributed by atoms with Gasteiger partial charge >= 0.3 is 0 Å². The van der Waals surface area contributed by atoms with Gasteiger partial charge in [-0.25, -0.2) is 0 Å². The van der Waals surface area contributed by atoms with Crippen molar-refractivity contribution in [2.24, 2.45) is 0 Å². The molecule has 2 aromatic carbocycles. The number of carbonyl (C=O) groups excluding carboxylic acids is 2. The summed E-state index contributed by atoms with van der Waals surface area (Å²) in [5.41, 5.74) is 1.39. The van der Waals surface area contributed by atoms with Gasteiger partial charge < -0.3 is 10.2 Å². The second-order valence-corrected chi connectivity index (χ2v) is 5.66. The number of para-hydroxylation sites is 1. The highest BCUT2D eigenvalue weighted by Crippen LogP contribution is 2.21. The fourth-order valence-corrected chi connectivity index (χ4v) is 2.66. The normalized spacial score (nSPS) is 17.6. The summed E-state index contributed by atoms with van der Waals surface area (Å²) in [5.74, 6) is -0.169. The van der Waals surface area contributed by atoms with E-state index >= 15 is 0 Å². The van der Waals surface area contributed by atoms with Crippen LogP contribution < -0.4 is 10.2 Å². The first-order chi connectivity index (χ1) is 10.6. The summed E-state index contributed by atoms with van der Waals surface area (Å²) in [6, 6.07) is 16.0. The largest absolute Gasteiger partial charge is 0.347 e. The molecule has 0 unspecified atom stereocenters. The lowest BCUT2D eigenvalue weighted by atomic mass is 10.2. The molecule has 1 fully saturated rings. The Morgan fingerprint density at radius 1 is 1.09 bits per heavy atom. The molecule has 1 N–H and O–H groups in total. The minimum Gasteiger partial charge on any atom is -0.347 e. The van der Waals surface area contributed by atoms with Crippen LogP contribution >= 0.6 is 11.6 Å². The quantitative estimate of drug-likeness (QED) is 0.947. The third-order valence-electron chi connectivity index (χ3n) is 3.63. The van der Waals surface area contributed by atoms with Crippen LogP contribution in [0.15, 0.2) is 54.6 Å². The maximum Gasteiger partial charge on any atom is 0.251 e. The maximum atomic E-state index is 12.2. The zero-order valence-corrected chi connectivity index (χ0v) is 12.6. The number of amides is 2. The molecule has 0 bridgehead atoms. The zero-order chi connectivity index (χ0) is 15.5. The predicted molar refractivity (Wildman–Crippen MR) is 86.1 cm³/mol. The van der Waals surface area contributed by atoms with E-state index in [1.54, 1.807) is 29.2 Å². The average molecular weight is 315 g/mol. The van der Waals surface area contributed by atoms with E-state index in [2.05, 4.69) is 5.32 Å².